The van der Waals surface area contributed by atoms with Crippen molar-refractivity contribution in [1.82, 2.24) is 0 Å². The first-order valence-corrected chi connectivity index (χ1v) is 7.41. The molecule has 0 heterocycles. The van der Waals surface area contributed by atoms with Crippen molar-refractivity contribution in [3.05, 3.63) is 29.8 Å². The van der Waals surface area contributed by atoms with Gasteiger partial charge < -0.3 is 9.92 Å². The molecule has 0 amide bonds. The molecule has 17 heavy (non-hydrogen) atoms. The minimum atomic E-state index is -3.45. The first-order chi connectivity index (χ1) is 7.83. The molecule has 1 fully saturated rings. The molecule has 0 spiro atoms. The summed E-state index contributed by atoms with van der Waals surface area (Å²) in [6.45, 7) is 2.01. The van der Waals surface area contributed by atoms with Crippen LogP contribution in [-0.2, 0) is 15.5 Å². The minimum absolute atomic E-state index is 0.0869. The molecule has 0 bridgehead atoms. The number of nitrogens with two attached hydrogens (primary N) is 1. The van der Waals surface area contributed by atoms with E-state index in [1.807, 2.05) is 19.1 Å². The van der Waals surface area contributed by atoms with Crippen molar-refractivity contribution in [1.29, 1.82) is 0 Å². The summed E-state index contributed by atoms with van der Waals surface area (Å²) >= 11 is 0. The van der Waals surface area contributed by atoms with E-state index in [-0.39, 0.29) is 11.5 Å². The highest BCUT2D eigenvalue weighted by Crippen LogP contribution is 2.50. The van der Waals surface area contributed by atoms with E-state index in [2.05, 4.69) is 0 Å². The van der Waals surface area contributed by atoms with Crippen LogP contribution in [0.4, 0.5) is 0 Å². The second-order valence-electron chi connectivity index (χ2n) is 4.76. The highest BCUT2D eigenvalue weighted by molar-refractivity contribution is 7.86. The number of hydrogen-bond donors (Lipinski definition) is 1. The fraction of sp³-hybridized carbons (Fsp3) is 0.500. The molecule has 1 atom stereocenters. The van der Waals surface area contributed by atoms with Crippen LogP contribution in [-0.4, -0.2) is 20.7 Å². The van der Waals surface area contributed by atoms with Crippen LogP contribution in [0, 0.1) is 0 Å². The average molecular weight is 255 g/mol. The Morgan fingerprint density at radius 3 is 2.18 bits per heavy atom. The van der Waals surface area contributed by atoms with Crippen LogP contribution in [0.15, 0.2) is 24.3 Å². The third-order valence-corrected chi connectivity index (χ3v) is 3.83. The first kappa shape index (κ1) is 12.4. The average Bonchev–Trinajstić information content (AvgIpc) is 2.97. The van der Waals surface area contributed by atoms with E-state index in [0.29, 0.717) is 5.75 Å². The quantitative estimate of drug-likeness (QED) is 0.826. The van der Waals surface area contributed by atoms with E-state index >= 15 is 0 Å². The van der Waals surface area contributed by atoms with Crippen LogP contribution < -0.4 is 9.92 Å². The Morgan fingerprint density at radius 1 is 1.29 bits per heavy atom. The topological polar surface area (TPSA) is 69.4 Å². The molecule has 0 aliphatic heterocycles. The van der Waals surface area contributed by atoms with Crippen LogP contribution in [0.3, 0.4) is 0 Å². The zero-order valence-corrected chi connectivity index (χ0v) is 10.8. The molecule has 2 rings (SSSR count). The smallest absolute Gasteiger partial charge is 0.306 e. The lowest BCUT2D eigenvalue weighted by Gasteiger charge is -2.20. The lowest BCUT2D eigenvalue weighted by molar-refractivity contribution is 0.492. The van der Waals surface area contributed by atoms with Gasteiger partial charge in [0.05, 0.1) is 6.26 Å². The summed E-state index contributed by atoms with van der Waals surface area (Å²) in [6, 6.07) is 7.27. The van der Waals surface area contributed by atoms with Crippen molar-refractivity contribution >= 4 is 10.1 Å². The maximum atomic E-state index is 11.0. The fourth-order valence-electron chi connectivity index (χ4n) is 2.16. The summed E-state index contributed by atoms with van der Waals surface area (Å²) in [5.41, 5.74) is 7.22. The van der Waals surface area contributed by atoms with Gasteiger partial charge in [-0.3, -0.25) is 0 Å². The minimum Gasteiger partial charge on any atom is -0.383 e. The number of rotatable bonds is 4. The Bertz CT molecular complexity index is 501. The van der Waals surface area contributed by atoms with E-state index in [4.69, 9.17) is 9.92 Å². The molecule has 0 radical (unpaired) electrons. The van der Waals surface area contributed by atoms with Crippen LogP contribution in [0.2, 0.25) is 0 Å². The summed E-state index contributed by atoms with van der Waals surface area (Å²) < 4.78 is 26.7. The SMILES string of the molecule is CC(N)C1(c2ccc(OS(C)(=O)=O)cc2)CC1. The molecule has 4 nitrogen and oxygen atoms in total. The van der Waals surface area contributed by atoms with Gasteiger partial charge in [-0.05, 0) is 37.5 Å². The Balaban J connectivity index is 2.20. The molecule has 1 saturated carbocycles. The summed E-state index contributed by atoms with van der Waals surface area (Å²) in [7, 11) is -3.45. The first-order valence-electron chi connectivity index (χ1n) is 5.59. The molecule has 1 unspecified atom stereocenters. The molecule has 1 aliphatic rings. The molecule has 1 aromatic rings. The molecular formula is C12H17NO3S. The maximum absolute atomic E-state index is 11.0. The van der Waals surface area contributed by atoms with Gasteiger partial charge in [0, 0.05) is 11.5 Å². The van der Waals surface area contributed by atoms with Crippen molar-refractivity contribution in [3.8, 4) is 5.75 Å². The van der Waals surface area contributed by atoms with Gasteiger partial charge >= 0.3 is 10.1 Å². The zero-order valence-electron chi connectivity index (χ0n) is 10.0. The largest absolute Gasteiger partial charge is 0.383 e. The van der Waals surface area contributed by atoms with Crippen molar-refractivity contribution in [2.24, 2.45) is 5.73 Å². The highest BCUT2D eigenvalue weighted by atomic mass is 32.2. The number of benzene rings is 1. The van der Waals surface area contributed by atoms with Crippen molar-refractivity contribution in [2.45, 2.75) is 31.2 Å². The molecule has 2 N–H and O–H groups in total. The van der Waals surface area contributed by atoms with Gasteiger partial charge in [0.2, 0.25) is 0 Å². The second kappa shape index (κ2) is 3.99. The van der Waals surface area contributed by atoms with Crippen LogP contribution >= 0.6 is 0 Å². The van der Waals surface area contributed by atoms with Crippen LogP contribution in [0.5, 0.6) is 5.75 Å². The third-order valence-electron chi connectivity index (χ3n) is 3.34. The fourth-order valence-corrected chi connectivity index (χ4v) is 2.62. The molecule has 0 aromatic heterocycles. The van der Waals surface area contributed by atoms with Crippen LogP contribution in [0.1, 0.15) is 25.3 Å². The zero-order chi connectivity index (χ0) is 12.7. The summed E-state index contributed by atoms with van der Waals surface area (Å²) in [4.78, 5) is 0. The Kier molecular flexibility index (Phi) is 2.91. The Labute approximate surface area is 102 Å². The normalized spacial score (nSPS) is 19.7. The van der Waals surface area contributed by atoms with E-state index in [1.54, 1.807) is 12.1 Å². The third kappa shape index (κ3) is 2.61. The Morgan fingerprint density at radius 2 is 1.82 bits per heavy atom. The summed E-state index contributed by atoms with van der Waals surface area (Å²) in [6.07, 6.45) is 3.22. The Hall–Kier alpha value is -1.07. The van der Waals surface area contributed by atoms with E-state index in [1.165, 1.54) is 0 Å². The van der Waals surface area contributed by atoms with Crippen LogP contribution in [0.25, 0.3) is 0 Å². The highest BCUT2D eigenvalue weighted by Gasteiger charge is 2.47. The van der Waals surface area contributed by atoms with E-state index in [9.17, 15) is 8.42 Å². The second-order valence-corrected chi connectivity index (χ2v) is 6.33. The van der Waals surface area contributed by atoms with Crippen molar-refractivity contribution in [3.63, 3.8) is 0 Å². The monoisotopic (exact) mass is 255 g/mol. The molecule has 0 saturated heterocycles. The predicted octanol–water partition coefficient (Wildman–Crippen LogP) is 1.40. The maximum Gasteiger partial charge on any atom is 0.306 e. The molecule has 5 heteroatoms. The van der Waals surface area contributed by atoms with Gasteiger partial charge in [0.1, 0.15) is 5.75 Å². The lowest BCUT2D eigenvalue weighted by atomic mass is 9.89. The standard InChI is InChI=1S/C12H17NO3S/c1-9(13)12(7-8-12)10-3-5-11(6-4-10)16-17(2,14)15/h3-6,9H,7-8,13H2,1-2H3. The van der Waals surface area contributed by atoms with Gasteiger partial charge in [-0.15, -0.1) is 0 Å². The van der Waals surface area contributed by atoms with Gasteiger partial charge in [-0.2, -0.15) is 8.42 Å². The molecule has 94 valence electrons. The van der Waals surface area contributed by atoms with Gasteiger partial charge in [-0.25, -0.2) is 0 Å². The molecular weight excluding hydrogens is 238 g/mol. The number of hydrogen-bond acceptors (Lipinski definition) is 4. The predicted molar refractivity (Wildman–Crippen MR) is 66.5 cm³/mol. The van der Waals surface area contributed by atoms with E-state index in [0.717, 1.165) is 24.7 Å². The van der Waals surface area contributed by atoms with Gasteiger partial charge in [-0.1, -0.05) is 12.1 Å². The van der Waals surface area contributed by atoms with Gasteiger partial charge in [0.15, 0.2) is 0 Å². The summed E-state index contributed by atoms with van der Waals surface area (Å²) in [5.74, 6) is 0.344. The van der Waals surface area contributed by atoms with E-state index < -0.39 is 10.1 Å². The lowest BCUT2D eigenvalue weighted by Crippen LogP contribution is -2.31. The summed E-state index contributed by atoms with van der Waals surface area (Å²) in [5, 5.41) is 0. The van der Waals surface area contributed by atoms with Crippen molar-refractivity contribution < 1.29 is 12.6 Å². The van der Waals surface area contributed by atoms with Crippen molar-refractivity contribution in [2.75, 3.05) is 6.26 Å². The van der Waals surface area contributed by atoms with Gasteiger partial charge in [0.25, 0.3) is 0 Å². The molecule has 1 aromatic carbocycles. The molecule has 1 aliphatic carbocycles.